The van der Waals surface area contributed by atoms with Crippen LogP contribution < -0.4 is 15.8 Å². The maximum Gasteiger partial charge on any atom is 0.220 e. The van der Waals surface area contributed by atoms with Gasteiger partial charge in [0.2, 0.25) is 5.91 Å². The van der Waals surface area contributed by atoms with Crippen molar-refractivity contribution in [1.29, 1.82) is 0 Å². The molecule has 0 radical (unpaired) electrons. The highest BCUT2D eigenvalue weighted by atomic mass is 79.9. The number of nitrogens with one attached hydrogen (secondary N) is 1. The first-order valence-corrected chi connectivity index (χ1v) is 8.72. The highest BCUT2D eigenvalue weighted by Crippen LogP contribution is 2.39. The van der Waals surface area contributed by atoms with Crippen molar-refractivity contribution >= 4 is 21.8 Å². The molecule has 0 bridgehead atoms. The summed E-state index contributed by atoms with van der Waals surface area (Å²) in [6, 6.07) is 7.76. The number of hydrogen-bond donors (Lipinski definition) is 2. The fourth-order valence-corrected chi connectivity index (χ4v) is 2.79. The molecule has 1 amide bonds. The van der Waals surface area contributed by atoms with E-state index in [9.17, 15) is 4.79 Å². The van der Waals surface area contributed by atoms with Crippen LogP contribution in [0.5, 0.6) is 5.75 Å². The summed E-state index contributed by atoms with van der Waals surface area (Å²) in [4.78, 5) is 12.0. The predicted octanol–water partition coefficient (Wildman–Crippen LogP) is 3.24. The van der Waals surface area contributed by atoms with Crippen molar-refractivity contribution < 1.29 is 9.53 Å². The summed E-state index contributed by atoms with van der Waals surface area (Å²) in [6.45, 7) is 3.20. The van der Waals surface area contributed by atoms with Crippen molar-refractivity contribution in [2.24, 2.45) is 11.7 Å². The number of rotatable bonds is 9. The van der Waals surface area contributed by atoms with Crippen LogP contribution in [0.1, 0.15) is 39.0 Å². The van der Waals surface area contributed by atoms with Gasteiger partial charge >= 0.3 is 0 Å². The third kappa shape index (κ3) is 5.29. The van der Waals surface area contributed by atoms with Gasteiger partial charge in [-0.15, -0.1) is 0 Å². The largest absolute Gasteiger partial charge is 0.494 e. The molecule has 0 saturated heterocycles. The Hall–Kier alpha value is -1.07. The van der Waals surface area contributed by atoms with Crippen LogP contribution in [0.3, 0.4) is 0 Å². The summed E-state index contributed by atoms with van der Waals surface area (Å²) in [5.74, 6) is 1.52. The van der Waals surface area contributed by atoms with E-state index in [0.29, 0.717) is 25.5 Å². The van der Waals surface area contributed by atoms with Crippen LogP contribution in [0.25, 0.3) is 0 Å². The first-order chi connectivity index (χ1) is 10.5. The Labute approximate surface area is 140 Å². The van der Waals surface area contributed by atoms with Gasteiger partial charge < -0.3 is 15.8 Å². The van der Waals surface area contributed by atoms with Gasteiger partial charge in [-0.1, -0.05) is 15.9 Å². The van der Waals surface area contributed by atoms with Gasteiger partial charge in [-0.25, -0.2) is 0 Å². The lowest BCUT2D eigenvalue weighted by molar-refractivity contribution is -0.123. The molecule has 122 valence electrons. The van der Waals surface area contributed by atoms with E-state index in [4.69, 9.17) is 10.5 Å². The summed E-state index contributed by atoms with van der Waals surface area (Å²) in [5, 5.41) is 3.11. The van der Waals surface area contributed by atoms with Gasteiger partial charge in [-0.2, -0.15) is 0 Å². The maximum absolute atomic E-state index is 12.0. The highest BCUT2D eigenvalue weighted by molar-refractivity contribution is 9.10. The van der Waals surface area contributed by atoms with Crippen LogP contribution >= 0.6 is 15.9 Å². The van der Waals surface area contributed by atoms with Crippen molar-refractivity contribution in [3.63, 3.8) is 0 Å². The number of amides is 1. The number of benzene rings is 1. The van der Waals surface area contributed by atoms with E-state index < -0.39 is 0 Å². The number of nitrogens with two attached hydrogens (primary N) is 1. The lowest BCUT2D eigenvalue weighted by Gasteiger charge is -2.29. The highest BCUT2D eigenvalue weighted by Gasteiger charge is 2.41. The molecule has 1 fully saturated rings. The fraction of sp³-hybridized carbons (Fsp3) is 0.588. The zero-order valence-corrected chi connectivity index (χ0v) is 14.7. The molecule has 1 atom stereocenters. The lowest BCUT2D eigenvalue weighted by Crippen LogP contribution is -2.53. The van der Waals surface area contributed by atoms with Crippen molar-refractivity contribution in [2.45, 2.75) is 44.6 Å². The third-order valence-corrected chi connectivity index (χ3v) is 4.74. The summed E-state index contributed by atoms with van der Waals surface area (Å²) in [6.07, 6.45) is 4.58. The normalized spacial score (nSPS) is 16.9. The summed E-state index contributed by atoms with van der Waals surface area (Å²) < 4.78 is 6.68. The van der Waals surface area contributed by atoms with Crippen molar-refractivity contribution in [3.8, 4) is 5.75 Å². The lowest BCUT2D eigenvalue weighted by atomic mass is 9.95. The Balaban J connectivity index is 1.60. The van der Waals surface area contributed by atoms with Crippen molar-refractivity contribution in [2.75, 3.05) is 13.2 Å². The molecule has 0 aliphatic heterocycles. The first-order valence-electron chi connectivity index (χ1n) is 7.93. The van der Waals surface area contributed by atoms with Gasteiger partial charge in [0.25, 0.3) is 0 Å². The van der Waals surface area contributed by atoms with E-state index >= 15 is 0 Å². The molecule has 0 heterocycles. The molecule has 0 spiro atoms. The second-order valence-electron chi connectivity index (χ2n) is 6.20. The topological polar surface area (TPSA) is 64.3 Å². The number of halogens is 1. The minimum atomic E-state index is -0.217. The van der Waals surface area contributed by atoms with Gasteiger partial charge in [-0.05, 0) is 62.8 Å². The molecule has 0 aromatic heterocycles. The molecular weight excluding hydrogens is 344 g/mol. The summed E-state index contributed by atoms with van der Waals surface area (Å²) in [5.41, 5.74) is 5.59. The molecule has 1 aliphatic rings. The number of ether oxygens (including phenoxy) is 1. The van der Waals surface area contributed by atoms with Gasteiger partial charge in [-0.3, -0.25) is 4.79 Å². The van der Waals surface area contributed by atoms with Gasteiger partial charge in [0.15, 0.2) is 0 Å². The SMILES string of the molecule is CC(CN)(NC(=O)CCCCOc1ccc(Br)cc1)C1CC1. The molecular formula is C17H25BrN2O2. The summed E-state index contributed by atoms with van der Waals surface area (Å²) >= 11 is 3.39. The molecule has 1 saturated carbocycles. The zero-order valence-electron chi connectivity index (χ0n) is 13.1. The first kappa shape index (κ1) is 17.3. The predicted molar refractivity (Wildman–Crippen MR) is 91.8 cm³/mol. The standard InChI is InChI=1S/C17H25BrN2O2/c1-17(12-19,13-5-6-13)20-16(21)4-2-3-11-22-15-9-7-14(18)8-10-15/h7-10,13H,2-6,11-12,19H2,1H3,(H,20,21). The number of carbonyl (C=O) groups excluding carboxylic acids is 1. The average molecular weight is 369 g/mol. The molecule has 1 aromatic carbocycles. The Kier molecular flexibility index (Phi) is 6.26. The fourth-order valence-electron chi connectivity index (χ4n) is 2.53. The second kappa shape index (κ2) is 7.97. The number of hydrogen-bond acceptors (Lipinski definition) is 3. The Morgan fingerprint density at radius 1 is 1.36 bits per heavy atom. The van der Waals surface area contributed by atoms with E-state index in [-0.39, 0.29) is 11.4 Å². The van der Waals surface area contributed by atoms with E-state index in [1.165, 1.54) is 12.8 Å². The van der Waals surface area contributed by atoms with Crippen LogP contribution in [-0.4, -0.2) is 24.6 Å². The monoisotopic (exact) mass is 368 g/mol. The van der Waals surface area contributed by atoms with Crippen LogP contribution in [0.15, 0.2) is 28.7 Å². The van der Waals surface area contributed by atoms with Crippen molar-refractivity contribution in [1.82, 2.24) is 5.32 Å². The summed E-state index contributed by atoms with van der Waals surface area (Å²) in [7, 11) is 0. The van der Waals surface area contributed by atoms with Gasteiger partial charge in [0, 0.05) is 17.4 Å². The molecule has 1 aromatic rings. The van der Waals surface area contributed by atoms with Crippen LogP contribution in [-0.2, 0) is 4.79 Å². The smallest absolute Gasteiger partial charge is 0.220 e. The molecule has 1 aliphatic carbocycles. The molecule has 3 N–H and O–H groups in total. The number of unbranched alkanes of at least 4 members (excludes halogenated alkanes) is 1. The van der Waals surface area contributed by atoms with Crippen LogP contribution in [0.4, 0.5) is 0 Å². The quantitative estimate of drug-likeness (QED) is 0.657. The van der Waals surface area contributed by atoms with E-state index in [1.807, 2.05) is 24.3 Å². The van der Waals surface area contributed by atoms with Crippen LogP contribution in [0.2, 0.25) is 0 Å². The zero-order chi connectivity index (χ0) is 16.0. The third-order valence-electron chi connectivity index (χ3n) is 4.21. The minimum absolute atomic E-state index is 0.100. The second-order valence-corrected chi connectivity index (χ2v) is 7.12. The Bertz CT molecular complexity index is 488. The van der Waals surface area contributed by atoms with Crippen LogP contribution in [0, 0.1) is 5.92 Å². The van der Waals surface area contributed by atoms with E-state index in [1.54, 1.807) is 0 Å². The Morgan fingerprint density at radius 2 is 2.05 bits per heavy atom. The van der Waals surface area contributed by atoms with Gasteiger partial charge in [0.1, 0.15) is 5.75 Å². The molecule has 4 nitrogen and oxygen atoms in total. The molecule has 5 heteroatoms. The van der Waals surface area contributed by atoms with E-state index in [2.05, 4.69) is 28.2 Å². The molecule has 22 heavy (non-hydrogen) atoms. The molecule has 2 rings (SSSR count). The Morgan fingerprint density at radius 3 is 2.64 bits per heavy atom. The molecule has 1 unspecified atom stereocenters. The van der Waals surface area contributed by atoms with Gasteiger partial charge in [0.05, 0.1) is 12.1 Å². The van der Waals surface area contributed by atoms with E-state index in [0.717, 1.165) is 23.1 Å². The number of carbonyl (C=O) groups is 1. The minimum Gasteiger partial charge on any atom is -0.494 e. The average Bonchev–Trinajstić information content (AvgIpc) is 3.34. The maximum atomic E-state index is 12.0. The van der Waals surface area contributed by atoms with Crippen molar-refractivity contribution in [3.05, 3.63) is 28.7 Å².